The van der Waals surface area contributed by atoms with Gasteiger partial charge in [-0.15, -0.1) is 0 Å². The minimum atomic E-state index is -1.09. The second kappa shape index (κ2) is 11.1. The van der Waals surface area contributed by atoms with Crippen LogP contribution in [-0.4, -0.2) is 46.6 Å². The number of halogens is 3. The summed E-state index contributed by atoms with van der Waals surface area (Å²) in [4.78, 5) is 10.2. The molecule has 0 spiro atoms. The van der Waals surface area contributed by atoms with Gasteiger partial charge in [0.05, 0.1) is 21.2 Å². The summed E-state index contributed by atoms with van der Waals surface area (Å²) in [5, 5.41) is 39.6. The van der Waals surface area contributed by atoms with Crippen molar-refractivity contribution in [2.45, 2.75) is 6.10 Å². The molecule has 0 radical (unpaired) electrons. The van der Waals surface area contributed by atoms with Crippen molar-refractivity contribution in [2.75, 3.05) is 20.2 Å². The van der Waals surface area contributed by atoms with E-state index in [1.54, 1.807) is 13.1 Å². The number of hydrogen-bond donors (Lipinski definition) is 5. The molecular weight excluding hydrogens is 421 g/mol. The van der Waals surface area contributed by atoms with Crippen molar-refractivity contribution in [3.05, 3.63) is 51.0 Å². The zero-order valence-corrected chi connectivity index (χ0v) is 16.4. The van der Waals surface area contributed by atoms with Gasteiger partial charge in [0, 0.05) is 12.6 Å². The number of rotatable bonds is 6. The lowest BCUT2D eigenvalue weighted by atomic mass is 10.1. The number of aromatic hydroxyl groups is 2. The summed E-state index contributed by atoms with van der Waals surface area (Å²) in [5.74, 6) is -1.29. The zero-order valence-electron chi connectivity index (χ0n) is 14.1. The van der Waals surface area contributed by atoms with E-state index in [4.69, 9.17) is 54.9 Å². The molecule has 0 saturated carbocycles. The Hall–Kier alpha value is -1.90. The molecule has 0 aliphatic carbocycles. The standard InChI is InChI=1S/C9H13NO3.C8H5Cl3O3/c1-10-5-9(13)6-2-3-7(11)8(12)4-6;9-4-1-6(11)7(2-5(4)10)14-3-8(12)13/h2-4,9-13H,5H2,1H3;1-2H,3H2,(H,12,13)/t9-;/m0./s1. The molecule has 0 fully saturated rings. The molecule has 0 saturated heterocycles. The highest BCUT2D eigenvalue weighted by molar-refractivity contribution is 6.43. The van der Waals surface area contributed by atoms with Crippen molar-refractivity contribution in [2.24, 2.45) is 0 Å². The molecule has 2 aromatic carbocycles. The van der Waals surface area contributed by atoms with Gasteiger partial charge in [0.1, 0.15) is 5.75 Å². The lowest BCUT2D eigenvalue weighted by Gasteiger charge is -2.10. The van der Waals surface area contributed by atoms with E-state index in [-0.39, 0.29) is 27.3 Å². The van der Waals surface area contributed by atoms with E-state index in [2.05, 4.69) is 5.32 Å². The third-order valence-electron chi connectivity index (χ3n) is 3.11. The van der Waals surface area contributed by atoms with Crippen LogP contribution >= 0.6 is 34.8 Å². The largest absolute Gasteiger partial charge is 0.504 e. The maximum Gasteiger partial charge on any atom is 0.341 e. The Bertz CT molecular complexity index is 788. The SMILES string of the molecule is CNC[C@H](O)c1ccc(O)c(O)c1.O=C(O)COc1cc(Cl)c(Cl)cc1Cl. The van der Waals surface area contributed by atoms with Crippen LogP contribution in [0.4, 0.5) is 0 Å². The number of benzene rings is 2. The van der Waals surface area contributed by atoms with E-state index in [1.807, 2.05) is 0 Å². The van der Waals surface area contributed by atoms with Crippen LogP contribution in [0.2, 0.25) is 15.1 Å². The number of phenolic OH excluding ortho intramolecular Hbond substituents is 2. The van der Waals surface area contributed by atoms with Gasteiger partial charge < -0.3 is 30.5 Å². The summed E-state index contributed by atoms with van der Waals surface area (Å²) in [7, 11) is 1.73. The van der Waals surface area contributed by atoms with Crippen LogP contribution < -0.4 is 10.1 Å². The van der Waals surface area contributed by atoms with Crippen LogP contribution in [0.3, 0.4) is 0 Å². The first-order valence-corrected chi connectivity index (χ1v) is 8.62. The monoisotopic (exact) mass is 437 g/mol. The number of aliphatic hydroxyl groups is 1. The smallest absolute Gasteiger partial charge is 0.341 e. The number of aliphatic carboxylic acids is 1. The van der Waals surface area contributed by atoms with Crippen molar-refractivity contribution in [3.8, 4) is 17.2 Å². The Labute approximate surface area is 170 Å². The molecule has 0 bridgehead atoms. The number of nitrogens with one attached hydrogen (secondary N) is 1. The number of ether oxygens (including phenoxy) is 1. The minimum absolute atomic E-state index is 0.180. The van der Waals surface area contributed by atoms with Gasteiger partial charge in [-0.05, 0) is 30.8 Å². The summed E-state index contributed by atoms with van der Waals surface area (Å²) in [6.45, 7) is -0.0676. The highest BCUT2D eigenvalue weighted by atomic mass is 35.5. The Morgan fingerprint density at radius 3 is 2.26 bits per heavy atom. The maximum absolute atomic E-state index is 10.2. The van der Waals surface area contributed by atoms with Gasteiger partial charge in [0.2, 0.25) is 0 Å². The van der Waals surface area contributed by atoms with Crippen LogP contribution in [0.25, 0.3) is 0 Å². The number of carbonyl (C=O) groups is 1. The van der Waals surface area contributed by atoms with Crippen molar-refractivity contribution in [1.29, 1.82) is 0 Å². The Balaban J connectivity index is 0.000000271. The fourth-order valence-corrected chi connectivity index (χ4v) is 2.40. The number of hydrogen-bond acceptors (Lipinski definition) is 6. The lowest BCUT2D eigenvalue weighted by Crippen LogP contribution is -2.16. The predicted octanol–water partition coefficient (Wildman–Crippen LogP) is 3.46. The molecule has 0 aromatic heterocycles. The Morgan fingerprint density at radius 2 is 1.70 bits per heavy atom. The summed E-state index contributed by atoms with van der Waals surface area (Å²) in [6.07, 6.45) is -0.670. The average molecular weight is 439 g/mol. The van der Waals surface area contributed by atoms with Crippen molar-refractivity contribution in [3.63, 3.8) is 0 Å². The molecule has 0 amide bonds. The van der Waals surface area contributed by atoms with Gasteiger partial charge >= 0.3 is 5.97 Å². The molecule has 0 unspecified atom stereocenters. The van der Waals surface area contributed by atoms with E-state index >= 15 is 0 Å². The highest BCUT2D eigenvalue weighted by Crippen LogP contribution is 2.33. The van der Waals surface area contributed by atoms with E-state index in [0.717, 1.165) is 0 Å². The number of aliphatic hydroxyl groups excluding tert-OH is 1. The van der Waals surface area contributed by atoms with Gasteiger partial charge in [-0.25, -0.2) is 4.79 Å². The van der Waals surface area contributed by atoms with E-state index in [1.165, 1.54) is 24.3 Å². The zero-order chi connectivity index (χ0) is 20.6. The van der Waals surface area contributed by atoms with Crippen molar-refractivity contribution < 1.29 is 30.0 Å². The van der Waals surface area contributed by atoms with Gasteiger partial charge in [-0.2, -0.15) is 0 Å². The quantitative estimate of drug-likeness (QED) is 0.346. The molecule has 27 heavy (non-hydrogen) atoms. The fourth-order valence-electron chi connectivity index (χ4n) is 1.81. The molecule has 5 N–H and O–H groups in total. The Kier molecular flexibility index (Phi) is 9.48. The van der Waals surface area contributed by atoms with Crippen LogP contribution in [0.15, 0.2) is 30.3 Å². The summed E-state index contributed by atoms with van der Waals surface area (Å²) in [5.41, 5.74) is 0.574. The van der Waals surface area contributed by atoms with Crippen LogP contribution in [0, 0.1) is 0 Å². The van der Waals surface area contributed by atoms with Gasteiger partial charge in [0.15, 0.2) is 18.1 Å². The first-order valence-electron chi connectivity index (χ1n) is 7.49. The molecular formula is C17H18Cl3NO6. The van der Waals surface area contributed by atoms with E-state index in [0.29, 0.717) is 17.1 Å². The van der Waals surface area contributed by atoms with Crippen molar-refractivity contribution in [1.82, 2.24) is 5.32 Å². The van der Waals surface area contributed by atoms with E-state index in [9.17, 15) is 9.90 Å². The summed E-state index contributed by atoms with van der Waals surface area (Å²) in [6, 6.07) is 7.02. The fraction of sp³-hybridized carbons (Fsp3) is 0.235. The molecule has 2 rings (SSSR count). The number of likely N-dealkylation sites (N-methyl/N-ethyl adjacent to an activating group) is 1. The third kappa shape index (κ3) is 7.70. The van der Waals surface area contributed by atoms with Crippen LogP contribution in [0.5, 0.6) is 17.2 Å². The number of carboxylic acids is 1. The van der Waals surface area contributed by atoms with Gasteiger partial charge in [0.25, 0.3) is 0 Å². The van der Waals surface area contributed by atoms with Gasteiger partial charge in [-0.1, -0.05) is 40.9 Å². The molecule has 148 valence electrons. The van der Waals surface area contributed by atoms with Gasteiger partial charge in [-0.3, -0.25) is 0 Å². The van der Waals surface area contributed by atoms with Crippen LogP contribution in [0.1, 0.15) is 11.7 Å². The molecule has 2 aromatic rings. The predicted molar refractivity (Wildman–Crippen MR) is 103 cm³/mol. The third-order valence-corrected chi connectivity index (χ3v) is 4.13. The number of phenols is 2. The van der Waals surface area contributed by atoms with Crippen LogP contribution in [-0.2, 0) is 4.79 Å². The minimum Gasteiger partial charge on any atom is -0.504 e. The first kappa shape index (κ1) is 23.1. The summed E-state index contributed by atoms with van der Waals surface area (Å²) >= 11 is 17.1. The second-order valence-electron chi connectivity index (χ2n) is 5.20. The molecule has 10 heteroatoms. The van der Waals surface area contributed by atoms with Crippen molar-refractivity contribution >= 4 is 40.8 Å². The average Bonchev–Trinajstić information content (AvgIpc) is 2.60. The maximum atomic E-state index is 10.2. The molecule has 7 nitrogen and oxygen atoms in total. The van der Waals surface area contributed by atoms with E-state index < -0.39 is 18.7 Å². The first-order chi connectivity index (χ1) is 12.6. The lowest BCUT2D eigenvalue weighted by molar-refractivity contribution is -0.139. The highest BCUT2D eigenvalue weighted by Gasteiger charge is 2.09. The topological polar surface area (TPSA) is 119 Å². The number of carboxylic acid groups (broad SMARTS) is 1. The molecule has 1 atom stereocenters. The normalized spacial score (nSPS) is 11.3. The second-order valence-corrected chi connectivity index (χ2v) is 6.42. The summed E-state index contributed by atoms with van der Waals surface area (Å²) < 4.78 is 4.86. The Morgan fingerprint density at radius 1 is 1.07 bits per heavy atom. The molecule has 0 aliphatic rings. The molecule has 0 aliphatic heterocycles. The molecule has 0 heterocycles.